The molecule has 8 heteroatoms. The number of thioether (sulfide) groups is 1. The first-order valence-corrected chi connectivity index (χ1v) is 11.6. The molecule has 2 heterocycles. The maximum Gasteiger partial charge on any atom is 0.279 e. The summed E-state index contributed by atoms with van der Waals surface area (Å²) in [6.07, 6.45) is 2.07. The van der Waals surface area contributed by atoms with E-state index in [2.05, 4.69) is 15.8 Å². The molecular weight excluding hydrogens is 408 g/mol. The van der Waals surface area contributed by atoms with E-state index in [1.165, 1.54) is 11.3 Å². The number of carbonyl (C=O) groups excluding carboxylic acids is 1. The third-order valence-electron chi connectivity index (χ3n) is 4.48. The van der Waals surface area contributed by atoms with Gasteiger partial charge in [0, 0.05) is 30.0 Å². The summed E-state index contributed by atoms with van der Waals surface area (Å²) in [6.45, 7) is 4.37. The second-order valence-corrected chi connectivity index (χ2v) is 8.36. The number of thiazole rings is 1. The molecule has 2 aromatic carbocycles. The second-order valence-electron chi connectivity index (χ2n) is 6.37. The molecule has 4 rings (SSSR count). The summed E-state index contributed by atoms with van der Waals surface area (Å²) in [4.78, 5) is 17.9. The molecule has 0 saturated heterocycles. The van der Waals surface area contributed by atoms with Gasteiger partial charge in [-0.2, -0.15) is 16.8 Å². The SMILES string of the molecule is CCOc1ccc(C(=O)N=c2sc3cc4c(cc3n2CCSC)OCCO4)cc1. The lowest BCUT2D eigenvalue weighted by atomic mass is 10.2. The number of hydrogen-bond donors (Lipinski definition) is 0. The Morgan fingerprint density at radius 2 is 1.93 bits per heavy atom. The van der Waals surface area contributed by atoms with Crippen LogP contribution in [0.4, 0.5) is 0 Å². The molecule has 1 amide bonds. The summed E-state index contributed by atoms with van der Waals surface area (Å²) in [5.41, 5.74) is 1.54. The van der Waals surface area contributed by atoms with Crippen molar-refractivity contribution in [2.24, 2.45) is 4.99 Å². The number of rotatable bonds is 6. The van der Waals surface area contributed by atoms with Crippen LogP contribution in [0.25, 0.3) is 10.2 Å². The van der Waals surface area contributed by atoms with Crippen molar-refractivity contribution in [2.75, 3.05) is 31.8 Å². The number of carbonyl (C=O) groups is 1. The summed E-state index contributed by atoms with van der Waals surface area (Å²) in [5, 5.41) is 0. The molecule has 0 aliphatic carbocycles. The van der Waals surface area contributed by atoms with Gasteiger partial charge in [0.1, 0.15) is 19.0 Å². The maximum absolute atomic E-state index is 12.8. The lowest BCUT2D eigenvalue weighted by Gasteiger charge is -2.18. The lowest BCUT2D eigenvalue weighted by Crippen LogP contribution is -2.18. The molecule has 6 nitrogen and oxygen atoms in total. The number of benzene rings is 2. The van der Waals surface area contributed by atoms with Crippen molar-refractivity contribution in [3.8, 4) is 17.2 Å². The first kappa shape index (κ1) is 19.8. The standard InChI is InChI=1S/C21H22N2O4S2/c1-3-25-15-6-4-14(5-7-15)20(24)22-21-23(8-11-28-2)16-12-17-18(13-19(16)29-21)27-10-9-26-17/h4-7,12-13H,3,8-11H2,1-2H3. The van der Waals surface area contributed by atoms with Gasteiger partial charge < -0.3 is 18.8 Å². The Kier molecular flexibility index (Phi) is 6.10. The normalized spacial score (nSPS) is 13.7. The van der Waals surface area contributed by atoms with Gasteiger partial charge in [-0.15, -0.1) is 0 Å². The van der Waals surface area contributed by atoms with E-state index in [9.17, 15) is 4.79 Å². The van der Waals surface area contributed by atoms with Gasteiger partial charge in [0.05, 0.1) is 16.8 Å². The minimum atomic E-state index is -0.269. The second kappa shape index (κ2) is 8.92. The fourth-order valence-corrected chi connectivity index (χ4v) is 4.53. The number of aryl methyl sites for hydroxylation is 1. The predicted molar refractivity (Wildman–Crippen MR) is 117 cm³/mol. The zero-order chi connectivity index (χ0) is 20.2. The fourth-order valence-electron chi connectivity index (χ4n) is 3.10. The zero-order valence-corrected chi connectivity index (χ0v) is 18.0. The van der Waals surface area contributed by atoms with Crippen molar-refractivity contribution in [1.82, 2.24) is 4.57 Å². The van der Waals surface area contributed by atoms with Crippen LogP contribution in [0, 0.1) is 0 Å². The van der Waals surface area contributed by atoms with Crippen LogP contribution in [0.5, 0.6) is 17.2 Å². The third-order valence-corrected chi connectivity index (χ3v) is 6.11. The molecule has 1 aliphatic rings. The van der Waals surface area contributed by atoms with Gasteiger partial charge in [0.15, 0.2) is 16.3 Å². The molecule has 152 valence electrons. The highest BCUT2D eigenvalue weighted by atomic mass is 32.2. The van der Waals surface area contributed by atoms with Crippen LogP contribution >= 0.6 is 23.1 Å². The monoisotopic (exact) mass is 430 g/mol. The molecule has 3 aromatic rings. The van der Waals surface area contributed by atoms with E-state index in [-0.39, 0.29) is 5.91 Å². The largest absolute Gasteiger partial charge is 0.494 e. The van der Waals surface area contributed by atoms with Crippen molar-refractivity contribution in [2.45, 2.75) is 13.5 Å². The Hall–Kier alpha value is -2.45. The van der Waals surface area contributed by atoms with E-state index in [4.69, 9.17) is 14.2 Å². The summed E-state index contributed by atoms with van der Waals surface area (Å²) in [6, 6.07) is 11.0. The van der Waals surface area contributed by atoms with Crippen LogP contribution in [0.15, 0.2) is 41.4 Å². The first-order valence-electron chi connectivity index (χ1n) is 9.43. The Morgan fingerprint density at radius 1 is 1.21 bits per heavy atom. The van der Waals surface area contributed by atoms with E-state index < -0.39 is 0 Å². The van der Waals surface area contributed by atoms with Gasteiger partial charge in [-0.3, -0.25) is 4.79 Å². The molecule has 0 N–H and O–H groups in total. The molecule has 29 heavy (non-hydrogen) atoms. The lowest BCUT2D eigenvalue weighted by molar-refractivity contribution is 0.0998. The maximum atomic E-state index is 12.8. The van der Waals surface area contributed by atoms with Crippen molar-refractivity contribution in [3.63, 3.8) is 0 Å². The summed E-state index contributed by atoms with van der Waals surface area (Å²) < 4.78 is 20.0. The van der Waals surface area contributed by atoms with Crippen molar-refractivity contribution >= 4 is 39.2 Å². The molecule has 0 unspecified atom stereocenters. The molecule has 1 aliphatic heterocycles. The minimum absolute atomic E-state index is 0.269. The quantitative estimate of drug-likeness (QED) is 0.592. The minimum Gasteiger partial charge on any atom is -0.494 e. The average Bonchev–Trinajstić information content (AvgIpc) is 3.07. The number of hydrogen-bond acceptors (Lipinski definition) is 6. The van der Waals surface area contributed by atoms with E-state index >= 15 is 0 Å². The zero-order valence-electron chi connectivity index (χ0n) is 16.3. The van der Waals surface area contributed by atoms with Gasteiger partial charge >= 0.3 is 0 Å². The van der Waals surface area contributed by atoms with Gasteiger partial charge in [-0.05, 0) is 37.4 Å². The van der Waals surface area contributed by atoms with Gasteiger partial charge in [0.2, 0.25) is 0 Å². The number of amides is 1. The molecule has 0 atom stereocenters. The molecule has 0 bridgehead atoms. The summed E-state index contributed by atoms with van der Waals surface area (Å²) in [7, 11) is 0. The molecular formula is C21H22N2O4S2. The van der Waals surface area contributed by atoms with Crippen LogP contribution in [-0.4, -0.2) is 42.3 Å². The molecule has 0 radical (unpaired) electrons. The van der Waals surface area contributed by atoms with Gasteiger partial charge in [-0.25, -0.2) is 0 Å². The number of aromatic nitrogens is 1. The summed E-state index contributed by atoms with van der Waals surface area (Å²) in [5.74, 6) is 2.88. The highest BCUT2D eigenvalue weighted by Gasteiger charge is 2.17. The summed E-state index contributed by atoms with van der Waals surface area (Å²) >= 11 is 3.24. The topological polar surface area (TPSA) is 62.0 Å². The fraction of sp³-hybridized carbons (Fsp3) is 0.333. The van der Waals surface area contributed by atoms with Crippen LogP contribution in [-0.2, 0) is 6.54 Å². The number of fused-ring (bicyclic) bond motifs is 2. The Labute approximate surface area is 177 Å². The Balaban J connectivity index is 1.75. The van der Waals surface area contributed by atoms with Crippen LogP contribution in [0.3, 0.4) is 0 Å². The highest BCUT2D eigenvalue weighted by Crippen LogP contribution is 2.35. The molecule has 1 aromatic heterocycles. The Bertz CT molecular complexity index is 1090. The van der Waals surface area contributed by atoms with E-state index in [0.29, 0.717) is 30.2 Å². The smallest absolute Gasteiger partial charge is 0.279 e. The molecule has 0 saturated carbocycles. The van der Waals surface area contributed by atoms with Gasteiger partial charge in [0.25, 0.3) is 5.91 Å². The molecule has 0 spiro atoms. The molecule has 0 fully saturated rings. The van der Waals surface area contributed by atoms with Crippen molar-refractivity contribution in [3.05, 3.63) is 46.8 Å². The Morgan fingerprint density at radius 3 is 2.62 bits per heavy atom. The average molecular weight is 431 g/mol. The van der Waals surface area contributed by atoms with Crippen LogP contribution in [0.2, 0.25) is 0 Å². The van der Waals surface area contributed by atoms with Gasteiger partial charge in [-0.1, -0.05) is 11.3 Å². The van der Waals surface area contributed by atoms with Crippen molar-refractivity contribution in [1.29, 1.82) is 0 Å². The first-order chi connectivity index (χ1) is 14.2. The van der Waals surface area contributed by atoms with Crippen LogP contribution in [0.1, 0.15) is 17.3 Å². The highest BCUT2D eigenvalue weighted by molar-refractivity contribution is 7.98. The third kappa shape index (κ3) is 4.28. The van der Waals surface area contributed by atoms with E-state index in [1.54, 1.807) is 36.0 Å². The van der Waals surface area contributed by atoms with Crippen molar-refractivity contribution < 1.29 is 19.0 Å². The van der Waals surface area contributed by atoms with E-state index in [0.717, 1.165) is 39.8 Å². The van der Waals surface area contributed by atoms with E-state index in [1.807, 2.05) is 19.1 Å². The number of nitrogens with zero attached hydrogens (tertiary/aromatic N) is 2. The van der Waals surface area contributed by atoms with Crippen LogP contribution < -0.4 is 19.0 Å². The predicted octanol–water partition coefficient (Wildman–Crippen LogP) is 3.98. The number of ether oxygens (including phenoxy) is 3.